The van der Waals surface area contributed by atoms with Crippen LogP contribution in [0.2, 0.25) is 0 Å². The van der Waals surface area contributed by atoms with Crippen molar-refractivity contribution >= 4 is 56.5 Å². The molecule has 18 heteroatoms. The van der Waals surface area contributed by atoms with E-state index in [0.717, 1.165) is 12.4 Å². The number of carboxylic acid groups (broad SMARTS) is 2. The Morgan fingerprint density at radius 1 is 0.614 bits per heavy atom. The highest BCUT2D eigenvalue weighted by molar-refractivity contribution is 6.02. The number of likely N-dealkylation sites (N-methyl/N-ethyl adjacent to an activating group) is 2. The minimum Gasteiger partial charge on any atom is -0.477 e. The van der Waals surface area contributed by atoms with E-state index in [1.807, 2.05) is 23.9 Å². The molecule has 0 atom stereocenters. The summed E-state index contributed by atoms with van der Waals surface area (Å²) in [5, 5.41) is 24.8. The van der Waals surface area contributed by atoms with Crippen molar-refractivity contribution in [1.29, 1.82) is 0 Å². The van der Waals surface area contributed by atoms with Crippen LogP contribution in [0.25, 0.3) is 21.8 Å². The monoisotopic (exact) mass is 796 g/mol. The van der Waals surface area contributed by atoms with Gasteiger partial charge in [-0.05, 0) is 46.2 Å². The van der Waals surface area contributed by atoms with Crippen LogP contribution in [0.5, 0.6) is 0 Å². The number of nitrogens with one attached hydrogen (secondary N) is 2. The largest absolute Gasteiger partial charge is 0.477 e. The second kappa shape index (κ2) is 14.9. The van der Waals surface area contributed by atoms with Crippen LogP contribution in [0.4, 0.5) is 40.3 Å². The fraction of sp³-hybridized carbons (Fsp3) is 0.487. The molecule has 0 amide bonds. The number of aromatic nitrogens is 2. The summed E-state index contributed by atoms with van der Waals surface area (Å²) in [6, 6.07) is -0.545. The molecule has 57 heavy (non-hydrogen) atoms. The number of hydrogen-bond acceptors (Lipinski definition) is 10. The lowest BCUT2D eigenvalue weighted by molar-refractivity contribution is 0.0684. The topological polar surface area (TPSA) is 156 Å². The summed E-state index contributed by atoms with van der Waals surface area (Å²) in [6.07, 6.45) is 4.81. The predicted octanol–water partition coefficient (Wildman–Crippen LogP) is 4.36. The van der Waals surface area contributed by atoms with E-state index in [1.54, 1.807) is 9.80 Å². The number of rotatable bonds is 12. The molecule has 2 saturated heterocycles. The zero-order valence-corrected chi connectivity index (χ0v) is 31.6. The SMILES string of the molecule is CN1CCN(c2c(F)c(NCCCNc3c(F)c(N4CCN(C)CC4)c(F)c4c3c(=O)c(C(=O)O)cn4C3CC3)c3c(=O)c(C(=O)O)cn(C4CC4)c3c2F)CC1. The standard InChI is InChI=1S/C39H44F4N8O6/c1-46-10-14-48(15-11-46)34-26(40)30(24-32(28(34)42)50(20-4-5-20)18-22(36(24)52)38(54)55)44-8-3-9-45-31-25-33(51(21-6-7-21)19-23(37(25)53)39(56)57)29(43)35(27(31)41)49-16-12-47(2)13-17-49/h18-21,44-45H,3-17H2,1-2H3,(H,54,55)(H,56,57). The quantitative estimate of drug-likeness (QED) is 0.119. The van der Waals surface area contributed by atoms with Crippen molar-refractivity contribution in [3.05, 3.63) is 67.2 Å². The van der Waals surface area contributed by atoms with Crippen molar-refractivity contribution in [2.45, 2.75) is 44.2 Å². The van der Waals surface area contributed by atoms with Crippen LogP contribution >= 0.6 is 0 Å². The highest BCUT2D eigenvalue weighted by atomic mass is 19.1. The molecule has 2 aliphatic heterocycles. The molecular weight excluding hydrogens is 752 g/mol. The predicted molar refractivity (Wildman–Crippen MR) is 208 cm³/mol. The number of hydrogen-bond donors (Lipinski definition) is 4. The molecule has 0 spiro atoms. The molecule has 2 aliphatic carbocycles. The van der Waals surface area contributed by atoms with Gasteiger partial charge in [0.05, 0.1) is 33.2 Å². The molecule has 2 aromatic carbocycles. The Hall–Kier alpha value is -5.36. The average Bonchev–Trinajstić information content (AvgIpc) is 4.10. The van der Waals surface area contributed by atoms with Crippen LogP contribution in [-0.2, 0) is 0 Å². The van der Waals surface area contributed by atoms with Gasteiger partial charge in [0.2, 0.25) is 10.9 Å². The number of pyridine rings is 2. The number of benzene rings is 2. The molecule has 2 aromatic heterocycles. The maximum atomic E-state index is 16.7. The van der Waals surface area contributed by atoms with Gasteiger partial charge in [0.25, 0.3) is 0 Å². The summed E-state index contributed by atoms with van der Waals surface area (Å²) in [4.78, 5) is 59.0. The van der Waals surface area contributed by atoms with Crippen molar-refractivity contribution in [3.8, 4) is 0 Å². The lowest BCUT2D eigenvalue weighted by Gasteiger charge is -2.35. The Bertz CT molecular complexity index is 2270. The summed E-state index contributed by atoms with van der Waals surface area (Å²) in [7, 11) is 3.79. The summed E-state index contributed by atoms with van der Waals surface area (Å²) in [5.74, 6) is -7.07. The van der Waals surface area contributed by atoms with Crippen LogP contribution in [0.1, 0.15) is 64.9 Å². The molecular formula is C39H44F4N8O6. The Kier molecular flexibility index (Phi) is 10.0. The van der Waals surface area contributed by atoms with Crippen LogP contribution in [-0.4, -0.2) is 121 Å². The molecule has 4 aromatic rings. The van der Waals surface area contributed by atoms with Gasteiger partial charge in [0, 0.05) is 89.9 Å². The van der Waals surface area contributed by atoms with E-state index >= 15 is 17.6 Å². The molecule has 4 N–H and O–H groups in total. The number of carboxylic acids is 2. The van der Waals surface area contributed by atoms with Crippen LogP contribution in [0.3, 0.4) is 0 Å². The molecule has 0 unspecified atom stereocenters. The number of nitrogens with zero attached hydrogens (tertiary/aromatic N) is 6. The third kappa shape index (κ3) is 6.81. The van der Waals surface area contributed by atoms with Crippen molar-refractivity contribution in [2.24, 2.45) is 0 Å². The first-order valence-electron chi connectivity index (χ1n) is 19.3. The molecule has 0 bridgehead atoms. The maximum Gasteiger partial charge on any atom is 0.341 e. The van der Waals surface area contributed by atoms with E-state index in [9.17, 15) is 29.4 Å². The summed E-state index contributed by atoms with van der Waals surface area (Å²) in [5.41, 5.74) is -5.12. The van der Waals surface area contributed by atoms with E-state index < -0.39 is 68.0 Å². The van der Waals surface area contributed by atoms with Crippen LogP contribution < -0.4 is 31.3 Å². The molecule has 4 aliphatic rings. The second-order valence-electron chi connectivity index (χ2n) is 15.6. The lowest BCUT2D eigenvalue weighted by Crippen LogP contribution is -2.45. The normalized spacial score (nSPS) is 18.1. The van der Waals surface area contributed by atoms with Gasteiger partial charge in [-0.25, -0.2) is 27.2 Å². The molecule has 8 rings (SSSR count). The summed E-state index contributed by atoms with van der Waals surface area (Å²) >= 11 is 0. The third-order valence-electron chi connectivity index (χ3n) is 11.6. The van der Waals surface area contributed by atoms with Crippen molar-refractivity contribution < 1.29 is 37.4 Å². The van der Waals surface area contributed by atoms with Gasteiger partial charge < -0.3 is 49.6 Å². The Morgan fingerprint density at radius 2 is 0.965 bits per heavy atom. The fourth-order valence-electron chi connectivity index (χ4n) is 8.10. The van der Waals surface area contributed by atoms with E-state index in [4.69, 9.17) is 0 Å². The summed E-state index contributed by atoms with van der Waals surface area (Å²) < 4.78 is 69.4. The highest BCUT2D eigenvalue weighted by Crippen LogP contribution is 2.44. The number of fused-ring (bicyclic) bond motifs is 2. The molecule has 4 fully saturated rings. The van der Waals surface area contributed by atoms with E-state index in [2.05, 4.69) is 10.6 Å². The zero-order chi connectivity index (χ0) is 40.4. The molecule has 2 saturated carbocycles. The Balaban J connectivity index is 1.16. The third-order valence-corrected chi connectivity index (χ3v) is 11.6. The van der Waals surface area contributed by atoms with Crippen LogP contribution in [0, 0.1) is 23.3 Å². The molecule has 0 radical (unpaired) electrons. The maximum absolute atomic E-state index is 16.7. The van der Waals surface area contributed by atoms with Gasteiger partial charge in [-0.2, -0.15) is 0 Å². The van der Waals surface area contributed by atoms with E-state index in [0.29, 0.717) is 78.0 Å². The van der Waals surface area contributed by atoms with Crippen molar-refractivity contribution in [1.82, 2.24) is 18.9 Å². The average molecular weight is 797 g/mol. The van der Waals surface area contributed by atoms with Crippen LogP contribution in [0.15, 0.2) is 22.0 Å². The van der Waals surface area contributed by atoms with Gasteiger partial charge in [-0.3, -0.25) is 9.59 Å². The first-order chi connectivity index (χ1) is 27.3. The zero-order valence-electron chi connectivity index (χ0n) is 31.6. The Labute approximate surface area is 323 Å². The first kappa shape index (κ1) is 38.5. The number of halogens is 4. The first-order valence-corrected chi connectivity index (χ1v) is 19.3. The fourth-order valence-corrected chi connectivity index (χ4v) is 8.10. The summed E-state index contributed by atoms with van der Waals surface area (Å²) in [6.45, 7) is 3.16. The van der Waals surface area contributed by atoms with Crippen molar-refractivity contribution in [3.63, 3.8) is 0 Å². The second-order valence-corrected chi connectivity index (χ2v) is 15.6. The van der Waals surface area contributed by atoms with Gasteiger partial charge >= 0.3 is 11.9 Å². The van der Waals surface area contributed by atoms with Crippen molar-refractivity contribution in [2.75, 3.05) is 100.0 Å². The van der Waals surface area contributed by atoms with Gasteiger partial charge in [-0.15, -0.1) is 0 Å². The minimum absolute atomic E-state index is 0.0785. The van der Waals surface area contributed by atoms with E-state index in [-0.39, 0.29) is 65.4 Å². The lowest BCUT2D eigenvalue weighted by atomic mass is 10.0. The Morgan fingerprint density at radius 3 is 1.28 bits per heavy atom. The van der Waals surface area contributed by atoms with E-state index in [1.165, 1.54) is 9.13 Å². The molecule has 14 nitrogen and oxygen atoms in total. The number of carbonyl (C=O) groups is 2. The molecule has 304 valence electrons. The number of piperazine rings is 2. The van der Waals surface area contributed by atoms with Gasteiger partial charge in [-0.1, -0.05) is 0 Å². The molecule has 4 heterocycles. The highest BCUT2D eigenvalue weighted by Gasteiger charge is 2.36. The number of aromatic carboxylic acids is 2. The smallest absolute Gasteiger partial charge is 0.341 e. The minimum atomic E-state index is -1.54. The number of anilines is 4. The van der Waals surface area contributed by atoms with Gasteiger partial charge in [0.15, 0.2) is 23.3 Å². The van der Waals surface area contributed by atoms with Gasteiger partial charge in [0.1, 0.15) is 22.5 Å².